The van der Waals surface area contributed by atoms with Crippen molar-refractivity contribution in [3.05, 3.63) is 29.2 Å². The fourth-order valence-electron chi connectivity index (χ4n) is 0.467. The summed E-state index contributed by atoms with van der Waals surface area (Å²) in [6, 6.07) is 0. The lowest BCUT2D eigenvalue weighted by molar-refractivity contribution is 1.28. The maximum Gasteiger partial charge on any atom is 0.0896 e. The Hall–Kier alpha value is -0.630. The third-order valence-electron chi connectivity index (χ3n) is 0.737. The molecule has 0 spiro atoms. The fourth-order valence-corrected chi connectivity index (χ4v) is 1.14. The lowest BCUT2D eigenvalue weighted by Crippen LogP contribution is -1.57. The molecule has 0 amide bonds. The third kappa shape index (κ3) is 3.03. The maximum atomic E-state index is 4.03. The van der Waals surface area contributed by atoms with Crippen LogP contribution in [0.1, 0.15) is 9.88 Å². The highest BCUT2D eigenvalue weighted by Gasteiger charge is 1.86. The van der Waals surface area contributed by atoms with Crippen LogP contribution in [0.25, 0.3) is 0 Å². The van der Waals surface area contributed by atoms with Gasteiger partial charge in [0.2, 0.25) is 0 Å². The van der Waals surface area contributed by atoms with Crippen LogP contribution in [-0.2, 0) is 0 Å². The van der Waals surface area contributed by atoms with Crippen molar-refractivity contribution in [1.82, 2.24) is 4.98 Å². The van der Waals surface area contributed by atoms with E-state index in [4.69, 9.17) is 0 Å². The summed E-state index contributed by atoms with van der Waals surface area (Å²) in [4.78, 5) is 5.32. The van der Waals surface area contributed by atoms with Gasteiger partial charge in [-0.25, -0.2) is 4.98 Å². The van der Waals surface area contributed by atoms with Crippen molar-refractivity contribution in [2.24, 2.45) is 0 Å². The second kappa shape index (κ2) is 4.27. The number of thiazole rings is 1. The predicted octanol–water partition coefficient (Wildman–Crippen LogP) is 2.56. The summed E-state index contributed by atoms with van der Waals surface area (Å²) in [7, 11) is 0. The van der Waals surface area contributed by atoms with Gasteiger partial charge in [0.1, 0.15) is 0 Å². The Bertz CT molecular complexity index is 153. The molecule has 0 bridgehead atoms. The summed E-state index contributed by atoms with van der Waals surface area (Å²) in [5.74, 6) is 0. The van der Waals surface area contributed by atoms with Gasteiger partial charge in [-0.15, -0.1) is 24.5 Å². The van der Waals surface area contributed by atoms with E-state index in [0.717, 1.165) is 5.01 Å². The molecule has 0 atom stereocenters. The normalized spacial score (nSPS) is 7.78. The zero-order valence-corrected chi connectivity index (χ0v) is 6.66. The molecule has 0 N–H and O–H groups in total. The van der Waals surface area contributed by atoms with E-state index < -0.39 is 0 Å². The van der Waals surface area contributed by atoms with Crippen LogP contribution in [0.4, 0.5) is 0 Å². The van der Waals surface area contributed by atoms with Crippen LogP contribution in [0, 0.1) is 13.8 Å². The number of hydrogen-bond acceptors (Lipinski definition) is 2. The van der Waals surface area contributed by atoms with Gasteiger partial charge in [-0.05, 0) is 13.8 Å². The molecule has 1 rings (SSSR count). The van der Waals surface area contributed by atoms with E-state index in [1.54, 1.807) is 11.3 Å². The first-order valence-electron chi connectivity index (χ1n) is 2.68. The number of hydrogen-bond donors (Lipinski definition) is 0. The molecule has 0 saturated carbocycles. The highest BCUT2D eigenvalue weighted by Crippen LogP contribution is 2.07. The van der Waals surface area contributed by atoms with Crippen molar-refractivity contribution < 1.29 is 0 Å². The van der Waals surface area contributed by atoms with Gasteiger partial charge in [0.05, 0.1) is 5.01 Å². The monoisotopic (exact) mass is 141 g/mol. The molecule has 0 aliphatic heterocycles. The molecule has 0 aliphatic carbocycles. The Morgan fingerprint density at radius 2 is 2.00 bits per heavy atom. The number of nitrogens with zero attached hydrogens (tertiary/aromatic N) is 1. The smallest absolute Gasteiger partial charge is 0.0896 e. The third-order valence-corrected chi connectivity index (χ3v) is 1.57. The van der Waals surface area contributed by atoms with Gasteiger partial charge in [0.25, 0.3) is 0 Å². The van der Waals surface area contributed by atoms with Crippen molar-refractivity contribution in [3.8, 4) is 0 Å². The summed E-state index contributed by atoms with van der Waals surface area (Å²) in [5.41, 5.74) is 0. The van der Waals surface area contributed by atoms with Gasteiger partial charge < -0.3 is 0 Å². The van der Waals surface area contributed by atoms with Crippen LogP contribution in [0.2, 0.25) is 0 Å². The van der Waals surface area contributed by atoms with Crippen molar-refractivity contribution in [2.75, 3.05) is 0 Å². The van der Waals surface area contributed by atoms with Crippen LogP contribution >= 0.6 is 11.3 Å². The SMILES string of the molecule is C=C.Cc1cnc(C)s1. The minimum atomic E-state index is 1.15. The van der Waals surface area contributed by atoms with Crippen molar-refractivity contribution in [3.63, 3.8) is 0 Å². The summed E-state index contributed by atoms with van der Waals surface area (Å²) in [6.07, 6.45) is 1.89. The number of aryl methyl sites for hydroxylation is 2. The predicted molar refractivity (Wildman–Crippen MR) is 42.8 cm³/mol. The summed E-state index contributed by atoms with van der Waals surface area (Å²) in [5, 5.41) is 1.15. The van der Waals surface area contributed by atoms with E-state index in [1.165, 1.54) is 4.88 Å². The molecule has 0 unspecified atom stereocenters. The Kier molecular flexibility index (Phi) is 3.97. The molecule has 0 aliphatic rings. The lowest BCUT2D eigenvalue weighted by atomic mass is 10.6. The summed E-state index contributed by atoms with van der Waals surface area (Å²) in [6.45, 7) is 10.1. The standard InChI is InChI=1S/C5H7NS.C2H4/c1-4-3-6-5(2)7-4;1-2/h3H,1-2H3;1-2H2. The van der Waals surface area contributed by atoms with Gasteiger partial charge in [0, 0.05) is 11.1 Å². The fraction of sp³-hybridized carbons (Fsp3) is 0.286. The molecule has 1 aromatic rings. The summed E-state index contributed by atoms with van der Waals surface area (Å²) < 4.78 is 0. The molecule has 0 radical (unpaired) electrons. The zero-order valence-electron chi connectivity index (χ0n) is 5.85. The van der Waals surface area contributed by atoms with Crippen LogP contribution in [-0.4, -0.2) is 4.98 Å². The van der Waals surface area contributed by atoms with Crippen LogP contribution in [0.15, 0.2) is 19.4 Å². The Labute approximate surface area is 60.1 Å². The largest absolute Gasteiger partial charge is 0.250 e. The van der Waals surface area contributed by atoms with Gasteiger partial charge in [0.15, 0.2) is 0 Å². The Morgan fingerprint density at radius 1 is 1.44 bits per heavy atom. The van der Waals surface area contributed by atoms with Crippen molar-refractivity contribution in [1.29, 1.82) is 0 Å². The van der Waals surface area contributed by atoms with E-state index >= 15 is 0 Å². The first kappa shape index (κ1) is 8.37. The van der Waals surface area contributed by atoms with Crippen molar-refractivity contribution in [2.45, 2.75) is 13.8 Å². The first-order chi connectivity index (χ1) is 4.29. The topological polar surface area (TPSA) is 12.9 Å². The van der Waals surface area contributed by atoms with Crippen LogP contribution in [0.3, 0.4) is 0 Å². The van der Waals surface area contributed by atoms with Crippen LogP contribution < -0.4 is 0 Å². The molecule has 2 heteroatoms. The van der Waals surface area contributed by atoms with E-state index in [2.05, 4.69) is 25.1 Å². The second-order valence-electron chi connectivity index (χ2n) is 1.49. The first-order valence-corrected chi connectivity index (χ1v) is 3.50. The van der Waals surface area contributed by atoms with E-state index in [1.807, 2.05) is 13.1 Å². The summed E-state index contributed by atoms with van der Waals surface area (Å²) >= 11 is 1.73. The second-order valence-corrected chi connectivity index (χ2v) is 2.93. The van der Waals surface area contributed by atoms with Gasteiger partial charge in [-0.2, -0.15) is 0 Å². The Morgan fingerprint density at radius 3 is 2.11 bits per heavy atom. The molecule has 0 aromatic carbocycles. The molecular formula is C7H11NS. The quantitative estimate of drug-likeness (QED) is 0.506. The zero-order chi connectivity index (χ0) is 7.28. The molecule has 1 aromatic heterocycles. The molecule has 0 saturated heterocycles. The van der Waals surface area contributed by atoms with E-state index in [-0.39, 0.29) is 0 Å². The Balaban J connectivity index is 0.000000291. The average Bonchev–Trinajstić information content (AvgIpc) is 2.20. The number of aromatic nitrogens is 1. The maximum absolute atomic E-state index is 4.03. The molecule has 50 valence electrons. The minimum Gasteiger partial charge on any atom is -0.250 e. The molecule has 9 heavy (non-hydrogen) atoms. The lowest BCUT2D eigenvalue weighted by Gasteiger charge is -1.68. The van der Waals surface area contributed by atoms with Gasteiger partial charge in [-0.3, -0.25) is 0 Å². The minimum absolute atomic E-state index is 1.15. The number of rotatable bonds is 0. The average molecular weight is 141 g/mol. The molecule has 1 nitrogen and oxygen atoms in total. The molecule has 1 heterocycles. The molecule has 0 fully saturated rings. The highest BCUT2D eigenvalue weighted by molar-refractivity contribution is 7.11. The van der Waals surface area contributed by atoms with E-state index in [0.29, 0.717) is 0 Å². The van der Waals surface area contributed by atoms with Crippen LogP contribution in [0.5, 0.6) is 0 Å². The molecular weight excluding hydrogens is 130 g/mol. The van der Waals surface area contributed by atoms with Crippen molar-refractivity contribution >= 4 is 11.3 Å². The highest BCUT2D eigenvalue weighted by atomic mass is 32.1. The van der Waals surface area contributed by atoms with Gasteiger partial charge >= 0.3 is 0 Å². The van der Waals surface area contributed by atoms with Gasteiger partial charge in [-0.1, -0.05) is 0 Å². The van der Waals surface area contributed by atoms with E-state index in [9.17, 15) is 0 Å².